The van der Waals surface area contributed by atoms with Crippen molar-refractivity contribution in [3.63, 3.8) is 0 Å². The van der Waals surface area contributed by atoms with E-state index >= 15 is 0 Å². The Labute approximate surface area is 591 Å². The second-order valence-electron chi connectivity index (χ2n) is 28.9. The number of hydrogen-bond acceptors (Lipinski definition) is 3. The maximum Gasteiger partial charge on any atom is 0.460 e. The smallest absolute Gasteiger partial charge is 0.459 e. The summed E-state index contributed by atoms with van der Waals surface area (Å²) in [5.74, 6) is -61.8. The number of esters is 1. The van der Waals surface area contributed by atoms with Gasteiger partial charge in [0, 0.05) is 6.61 Å². The number of ether oxygens (including phenoxy) is 2. The number of halogens is 17. The standard InChI is InChI=1S/C40H82.C21H44.C18H17F17O3/c1-3-5-7-9-11-13-15-17-19-21-23-25-27-29-31-33-35-37-39-40-38-36-34-32-30-28-26-24-22-20-18-16-14-12-10-8-6-4-2;1-3-5-7-9-11-13-15-17-19-21-20-18-16-14-12-10-8-6-4-2;19-11(20,10(36)38-8-7-37-6-5-9-3-1-2-4-9)12(21,22)13(23,24)14(25,26)15(27,28)16(29,30)17(31,32)18(33,34)35/h3-40H2,1-2H3;3-21H2,1-2H3;9H,1-8H2. The summed E-state index contributed by atoms with van der Waals surface area (Å²) in [6.07, 6.45) is 80.4. The summed E-state index contributed by atoms with van der Waals surface area (Å²) in [7, 11) is 0. The van der Waals surface area contributed by atoms with E-state index in [0.29, 0.717) is 6.42 Å². The molecule has 0 bridgehead atoms. The molecule has 596 valence electrons. The number of hydrogen-bond donors (Lipinski definition) is 0. The predicted octanol–water partition coefficient (Wildman–Crippen LogP) is 31.4. The van der Waals surface area contributed by atoms with Gasteiger partial charge in [-0.2, -0.15) is 74.6 Å². The van der Waals surface area contributed by atoms with E-state index < -0.39 is 66.8 Å². The lowest BCUT2D eigenvalue weighted by molar-refractivity contribution is -0.460. The van der Waals surface area contributed by atoms with Crippen molar-refractivity contribution in [2.24, 2.45) is 5.92 Å². The Morgan fingerprint density at radius 1 is 0.253 bits per heavy atom. The molecule has 1 fully saturated rings. The van der Waals surface area contributed by atoms with Gasteiger partial charge < -0.3 is 9.47 Å². The van der Waals surface area contributed by atoms with Crippen LogP contribution in [-0.4, -0.2) is 73.4 Å². The lowest BCUT2D eigenvalue weighted by Crippen LogP contribution is -2.75. The van der Waals surface area contributed by atoms with Crippen LogP contribution in [0, 0.1) is 5.92 Å². The summed E-state index contributed by atoms with van der Waals surface area (Å²) in [4.78, 5) is 11.2. The number of carbonyl (C=O) groups excluding carboxylic acids is 1. The first-order valence-electron chi connectivity index (χ1n) is 40.5. The highest BCUT2D eigenvalue weighted by molar-refractivity contribution is 5.79. The summed E-state index contributed by atoms with van der Waals surface area (Å²) in [5, 5.41) is 0. The van der Waals surface area contributed by atoms with Crippen molar-refractivity contribution in [1.82, 2.24) is 0 Å². The van der Waals surface area contributed by atoms with Crippen molar-refractivity contribution in [2.45, 2.75) is 473 Å². The second-order valence-corrected chi connectivity index (χ2v) is 28.9. The third kappa shape index (κ3) is 44.7. The summed E-state index contributed by atoms with van der Waals surface area (Å²) in [6.45, 7) is 6.88. The van der Waals surface area contributed by atoms with Gasteiger partial charge in [0.05, 0.1) is 6.61 Å². The lowest BCUT2D eigenvalue weighted by Gasteiger charge is -2.42. The van der Waals surface area contributed by atoms with Gasteiger partial charge >= 0.3 is 53.6 Å². The average molecular weight is 1460 g/mol. The van der Waals surface area contributed by atoms with Crippen LogP contribution in [-0.2, 0) is 14.3 Å². The zero-order valence-electron chi connectivity index (χ0n) is 62.7. The van der Waals surface area contributed by atoms with Crippen molar-refractivity contribution in [1.29, 1.82) is 0 Å². The molecule has 0 aromatic carbocycles. The van der Waals surface area contributed by atoms with Crippen LogP contribution in [0.25, 0.3) is 0 Å². The topological polar surface area (TPSA) is 35.5 Å². The minimum absolute atomic E-state index is 0.0785. The maximum atomic E-state index is 13.7. The van der Waals surface area contributed by atoms with Gasteiger partial charge in [0.1, 0.15) is 6.61 Å². The Balaban J connectivity index is 0. The maximum absolute atomic E-state index is 13.7. The van der Waals surface area contributed by atoms with Crippen molar-refractivity contribution < 1.29 is 88.9 Å². The highest BCUT2D eigenvalue weighted by Crippen LogP contribution is 2.64. The van der Waals surface area contributed by atoms with Gasteiger partial charge in [0.2, 0.25) is 0 Å². The highest BCUT2D eigenvalue weighted by atomic mass is 19.4. The van der Waals surface area contributed by atoms with Crippen molar-refractivity contribution in [3.8, 4) is 0 Å². The normalized spacial score (nSPS) is 13.8. The molecular formula is C79H143F17O3. The van der Waals surface area contributed by atoms with Crippen LogP contribution < -0.4 is 0 Å². The summed E-state index contributed by atoms with van der Waals surface area (Å²) >= 11 is 0. The monoisotopic (exact) mass is 1460 g/mol. The quantitative estimate of drug-likeness (QED) is 0.0346. The van der Waals surface area contributed by atoms with E-state index in [0.717, 1.165) is 25.7 Å². The molecule has 0 radical (unpaired) electrons. The molecule has 20 heteroatoms. The molecule has 0 spiro atoms. The Morgan fingerprint density at radius 2 is 0.434 bits per heavy atom. The van der Waals surface area contributed by atoms with E-state index in [-0.39, 0.29) is 12.5 Å². The van der Waals surface area contributed by atoms with Crippen LogP contribution in [0.5, 0.6) is 0 Å². The molecule has 1 aliphatic carbocycles. The molecule has 1 aliphatic rings. The number of rotatable bonds is 68. The van der Waals surface area contributed by atoms with Crippen LogP contribution in [0.1, 0.15) is 426 Å². The van der Waals surface area contributed by atoms with Gasteiger partial charge in [-0.1, -0.05) is 419 Å². The summed E-state index contributed by atoms with van der Waals surface area (Å²) < 4.78 is 232. The largest absolute Gasteiger partial charge is 0.460 e. The first-order valence-corrected chi connectivity index (χ1v) is 40.5. The molecule has 0 aromatic heterocycles. The van der Waals surface area contributed by atoms with Crippen molar-refractivity contribution in [3.05, 3.63) is 0 Å². The lowest BCUT2D eigenvalue weighted by atomic mass is 9.89. The molecule has 0 unspecified atom stereocenters. The minimum atomic E-state index is -8.75. The Bertz CT molecular complexity index is 1710. The molecule has 0 aliphatic heterocycles. The number of carbonyl (C=O) groups is 1. The number of alkyl halides is 17. The van der Waals surface area contributed by atoms with Gasteiger partial charge in [0.25, 0.3) is 0 Å². The minimum Gasteiger partial charge on any atom is -0.459 e. The van der Waals surface area contributed by atoms with E-state index in [1.165, 1.54) is 366 Å². The zero-order chi connectivity index (χ0) is 74.5. The fraction of sp³-hybridized carbons (Fsp3) is 0.987. The van der Waals surface area contributed by atoms with Crippen molar-refractivity contribution in [2.75, 3.05) is 19.8 Å². The predicted molar refractivity (Wildman–Crippen MR) is 375 cm³/mol. The third-order valence-electron chi connectivity index (χ3n) is 19.7. The molecule has 1 rings (SSSR count). The zero-order valence-corrected chi connectivity index (χ0v) is 62.7. The summed E-state index contributed by atoms with van der Waals surface area (Å²) in [6, 6.07) is 0. The fourth-order valence-electron chi connectivity index (χ4n) is 12.9. The molecule has 0 heterocycles. The molecule has 3 nitrogen and oxygen atoms in total. The Hall–Kier alpha value is -1.76. The van der Waals surface area contributed by atoms with Crippen LogP contribution >= 0.6 is 0 Å². The van der Waals surface area contributed by atoms with E-state index in [1.54, 1.807) is 0 Å². The first-order chi connectivity index (χ1) is 47.1. The fourth-order valence-corrected chi connectivity index (χ4v) is 12.9. The molecule has 0 aromatic rings. The molecule has 0 N–H and O–H groups in total. The van der Waals surface area contributed by atoms with Crippen LogP contribution in [0.2, 0.25) is 0 Å². The Morgan fingerprint density at radius 3 is 0.626 bits per heavy atom. The van der Waals surface area contributed by atoms with Crippen LogP contribution in [0.4, 0.5) is 74.6 Å². The molecule has 0 atom stereocenters. The van der Waals surface area contributed by atoms with E-state index in [2.05, 4.69) is 32.4 Å². The van der Waals surface area contributed by atoms with Gasteiger partial charge in [-0.25, -0.2) is 4.79 Å². The first kappa shape index (κ1) is 99.3. The molecule has 0 amide bonds. The van der Waals surface area contributed by atoms with Gasteiger partial charge in [-0.3, -0.25) is 0 Å². The van der Waals surface area contributed by atoms with E-state index in [4.69, 9.17) is 4.74 Å². The van der Waals surface area contributed by atoms with Crippen LogP contribution in [0.15, 0.2) is 0 Å². The molecule has 99 heavy (non-hydrogen) atoms. The molecular weight excluding hydrogens is 1320 g/mol. The highest BCUT2D eigenvalue weighted by Gasteiger charge is 2.96. The van der Waals surface area contributed by atoms with Crippen LogP contribution in [0.3, 0.4) is 0 Å². The second kappa shape index (κ2) is 61.4. The average Bonchev–Trinajstić information content (AvgIpc) is 0.816. The van der Waals surface area contributed by atoms with E-state index in [1.807, 2.05) is 0 Å². The molecule has 1 saturated carbocycles. The SMILES string of the molecule is CCCCCCCCCCCCCCCCCCCCC.CCCCCCCCCCCCCCCCCCCCCCCCCCCCCCCCCCCCCCCC.O=C(OCCOCCC1CCCC1)C(F)(F)C(F)(F)C(F)(F)C(F)(F)C(F)(F)C(F)(F)C(F)(F)C(F)(F)F. The number of unbranched alkanes of at least 4 members (excludes halogenated alkanes) is 55. The molecule has 0 saturated heterocycles. The van der Waals surface area contributed by atoms with E-state index in [9.17, 15) is 79.4 Å². The van der Waals surface area contributed by atoms with Gasteiger partial charge in [0.15, 0.2) is 0 Å². The van der Waals surface area contributed by atoms with Gasteiger partial charge in [-0.15, -0.1) is 0 Å². The third-order valence-corrected chi connectivity index (χ3v) is 19.7. The summed E-state index contributed by atoms with van der Waals surface area (Å²) in [5.41, 5.74) is 0. The Kier molecular flexibility index (Phi) is 61.6. The van der Waals surface area contributed by atoms with Gasteiger partial charge in [-0.05, 0) is 12.3 Å². The van der Waals surface area contributed by atoms with Crippen molar-refractivity contribution >= 4 is 5.97 Å².